The maximum Gasteiger partial charge on any atom is 0.255 e. The molecule has 2 N–H and O–H groups in total. The minimum Gasteiger partial charge on any atom is -0.472 e. The van der Waals surface area contributed by atoms with Crippen molar-refractivity contribution >= 4 is 17.6 Å². The number of ether oxygens (including phenoxy) is 1. The first kappa shape index (κ1) is 21.2. The summed E-state index contributed by atoms with van der Waals surface area (Å²) in [5.41, 5.74) is 0.168. The second kappa shape index (κ2) is 9.17. The molecule has 2 unspecified atom stereocenters. The standard InChI is InChI=1S/C20H30N2O5/c1-5-6-13-10-27-12-16(23)17(13)22-19(25)15(9-20(2,3)4)21-18(24)14-7-8-26-11-14/h7-8,11,13,15,17H,5-6,9-10,12H2,1-4H3,(H,21,24)(H,22,25)/t13?,15-,17?/m0/s1. The van der Waals surface area contributed by atoms with Gasteiger partial charge in [-0.15, -0.1) is 0 Å². The van der Waals surface area contributed by atoms with E-state index in [-0.39, 0.29) is 35.5 Å². The Morgan fingerprint density at radius 1 is 1.33 bits per heavy atom. The average Bonchev–Trinajstić information content (AvgIpc) is 3.11. The number of nitrogens with one attached hydrogen (secondary N) is 2. The molecule has 1 aromatic heterocycles. The first-order chi connectivity index (χ1) is 12.7. The highest BCUT2D eigenvalue weighted by Crippen LogP contribution is 2.23. The normalized spacial score (nSPS) is 21.6. The highest BCUT2D eigenvalue weighted by atomic mass is 16.5. The third-order valence-corrected chi connectivity index (χ3v) is 4.57. The molecule has 0 saturated carbocycles. The fourth-order valence-corrected chi connectivity index (χ4v) is 3.29. The van der Waals surface area contributed by atoms with E-state index in [9.17, 15) is 14.4 Å². The van der Waals surface area contributed by atoms with Gasteiger partial charge < -0.3 is 19.8 Å². The lowest BCUT2D eigenvalue weighted by molar-refractivity contribution is -0.138. The molecule has 27 heavy (non-hydrogen) atoms. The SMILES string of the molecule is CCCC1COCC(=O)C1NC(=O)[C@H](CC(C)(C)C)NC(=O)c1ccoc1. The Hall–Kier alpha value is -2.15. The fraction of sp³-hybridized carbons (Fsp3) is 0.650. The summed E-state index contributed by atoms with van der Waals surface area (Å²) in [5.74, 6) is -0.886. The molecule has 1 aromatic rings. The summed E-state index contributed by atoms with van der Waals surface area (Å²) >= 11 is 0. The minimum absolute atomic E-state index is 0.0104. The van der Waals surface area contributed by atoms with Crippen LogP contribution >= 0.6 is 0 Å². The zero-order valence-electron chi connectivity index (χ0n) is 16.5. The number of hydrogen-bond donors (Lipinski definition) is 2. The van der Waals surface area contributed by atoms with E-state index < -0.39 is 12.1 Å². The number of Topliss-reactive ketones (excluding diaryl/α,β-unsaturated/α-hetero) is 1. The van der Waals surface area contributed by atoms with Crippen molar-refractivity contribution in [1.29, 1.82) is 0 Å². The summed E-state index contributed by atoms with van der Waals surface area (Å²) in [6.45, 7) is 8.49. The van der Waals surface area contributed by atoms with Crippen LogP contribution in [0.15, 0.2) is 23.0 Å². The number of amides is 2. The van der Waals surface area contributed by atoms with E-state index in [0.717, 1.165) is 12.8 Å². The van der Waals surface area contributed by atoms with E-state index in [0.29, 0.717) is 18.6 Å². The molecule has 0 bridgehead atoms. The summed E-state index contributed by atoms with van der Waals surface area (Å²) in [7, 11) is 0. The Morgan fingerprint density at radius 3 is 2.67 bits per heavy atom. The van der Waals surface area contributed by atoms with Crippen LogP contribution in [0.1, 0.15) is 57.3 Å². The summed E-state index contributed by atoms with van der Waals surface area (Å²) in [4.78, 5) is 37.6. The average molecular weight is 378 g/mol. The third-order valence-electron chi connectivity index (χ3n) is 4.57. The topological polar surface area (TPSA) is 97.6 Å². The highest BCUT2D eigenvalue weighted by molar-refractivity contribution is 5.98. The number of carbonyl (C=O) groups excluding carboxylic acids is 3. The van der Waals surface area contributed by atoms with E-state index >= 15 is 0 Å². The number of hydrogen-bond acceptors (Lipinski definition) is 5. The van der Waals surface area contributed by atoms with Gasteiger partial charge in [0.2, 0.25) is 5.91 Å². The van der Waals surface area contributed by atoms with Gasteiger partial charge in [-0.25, -0.2) is 0 Å². The monoisotopic (exact) mass is 378 g/mol. The lowest BCUT2D eigenvalue weighted by Crippen LogP contribution is -2.57. The van der Waals surface area contributed by atoms with Crippen LogP contribution in [0.3, 0.4) is 0 Å². The number of furan rings is 1. The lowest BCUT2D eigenvalue weighted by Gasteiger charge is -2.33. The molecule has 2 heterocycles. The highest BCUT2D eigenvalue weighted by Gasteiger charge is 2.36. The van der Waals surface area contributed by atoms with Gasteiger partial charge in [-0.1, -0.05) is 34.1 Å². The number of rotatable bonds is 7. The van der Waals surface area contributed by atoms with Crippen molar-refractivity contribution < 1.29 is 23.5 Å². The second-order valence-electron chi connectivity index (χ2n) is 8.32. The van der Waals surface area contributed by atoms with Crippen molar-refractivity contribution in [1.82, 2.24) is 10.6 Å². The predicted molar refractivity (Wildman–Crippen MR) is 100 cm³/mol. The molecule has 0 aromatic carbocycles. The molecule has 7 heteroatoms. The second-order valence-corrected chi connectivity index (χ2v) is 8.32. The maximum atomic E-state index is 12.9. The fourth-order valence-electron chi connectivity index (χ4n) is 3.29. The van der Waals surface area contributed by atoms with E-state index in [1.54, 1.807) is 6.07 Å². The molecule has 2 amide bonds. The summed E-state index contributed by atoms with van der Waals surface area (Å²) in [6.07, 6.45) is 4.88. The van der Waals surface area contributed by atoms with Crippen LogP contribution in [-0.4, -0.2) is 42.9 Å². The molecule has 0 aliphatic carbocycles. The Balaban J connectivity index is 2.12. The van der Waals surface area contributed by atoms with Crippen LogP contribution in [0.5, 0.6) is 0 Å². The van der Waals surface area contributed by atoms with Crippen molar-refractivity contribution in [2.24, 2.45) is 11.3 Å². The van der Waals surface area contributed by atoms with Crippen LogP contribution in [0.2, 0.25) is 0 Å². The van der Waals surface area contributed by atoms with Gasteiger partial charge in [0.25, 0.3) is 5.91 Å². The number of ketones is 1. The molecular weight excluding hydrogens is 348 g/mol. The largest absolute Gasteiger partial charge is 0.472 e. The summed E-state index contributed by atoms with van der Waals surface area (Å²) < 4.78 is 10.3. The molecule has 3 atom stereocenters. The summed E-state index contributed by atoms with van der Waals surface area (Å²) in [5, 5.41) is 5.64. The van der Waals surface area contributed by atoms with Crippen molar-refractivity contribution in [3.05, 3.63) is 24.2 Å². The Morgan fingerprint density at radius 2 is 2.07 bits per heavy atom. The maximum absolute atomic E-state index is 12.9. The van der Waals surface area contributed by atoms with Gasteiger partial charge in [0.1, 0.15) is 18.9 Å². The zero-order valence-corrected chi connectivity index (χ0v) is 16.5. The van der Waals surface area contributed by atoms with Crippen LogP contribution in [0, 0.1) is 11.3 Å². The smallest absolute Gasteiger partial charge is 0.255 e. The molecule has 0 spiro atoms. The predicted octanol–water partition coefficient (Wildman–Crippen LogP) is 2.31. The van der Waals surface area contributed by atoms with Gasteiger partial charge in [0, 0.05) is 5.92 Å². The van der Waals surface area contributed by atoms with Gasteiger partial charge in [-0.2, -0.15) is 0 Å². The van der Waals surface area contributed by atoms with E-state index in [1.807, 2.05) is 27.7 Å². The van der Waals surface area contributed by atoms with Crippen LogP contribution in [-0.2, 0) is 14.3 Å². The van der Waals surface area contributed by atoms with Gasteiger partial charge >= 0.3 is 0 Å². The molecular formula is C20H30N2O5. The molecule has 150 valence electrons. The van der Waals surface area contributed by atoms with Crippen molar-refractivity contribution in [2.45, 2.75) is 59.0 Å². The van der Waals surface area contributed by atoms with Gasteiger partial charge in [-0.3, -0.25) is 14.4 Å². The van der Waals surface area contributed by atoms with E-state index in [2.05, 4.69) is 10.6 Å². The van der Waals surface area contributed by atoms with Crippen LogP contribution in [0.25, 0.3) is 0 Å². The molecule has 1 aliphatic rings. The van der Waals surface area contributed by atoms with E-state index in [4.69, 9.17) is 9.15 Å². The van der Waals surface area contributed by atoms with Gasteiger partial charge in [-0.05, 0) is 24.3 Å². The quantitative estimate of drug-likeness (QED) is 0.759. The number of carbonyl (C=O) groups is 3. The molecule has 1 saturated heterocycles. The zero-order chi connectivity index (χ0) is 20.0. The first-order valence-corrected chi connectivity index (χ1v) is 9.45. The lowest BCUT2D eigenvalue weighted by atomic mass is 9.86. The molecule has 0 radical (unpaired) electrons. The van der Waals surface area contributed by atoms with Gasteiger partial charge in [0.15, 0.2) is 5.78 Å². The molecule has 1 fully saturated rings. The Labute approximate surface area is 160 Å². The third kappa shape index (κ3) is 6.20. The van der Waals surface area contributed by atoms with Gasteiger partial charge in [0.05, 0.1) is 24.5 Å². The van der Waals surface area contributed by atoms with E-state index in [1.165, 1.54) is 12.5 Å². The summed E-state index contributed by atoms with van der Waals surface area (Å²) in [6, 6.07) is 0.227. The van der Waals surface area contributed by atoms with Crippen molar-refractivity contribution in [3.8, 4) is 0 Å². The first-order valence-electron chi connectivity index (χ1n) is 9.45. The van der Waals surface area contributed by atoms with Crippen molar-refractivity contribution in [3.63, 3.8) is 0 Å². The minimum atomic E-state index is -0.745. The molecule has 7 nitrogen and oxygen atoms in total. The van der Waals surface area contributed by atoms with Crippen molar-refractivity contribution in [2.75, 3.05) is 13.2 Å². The Bertz CT molecular complexity index is 646. The van der Waals surface area contributed by atoms with Crippen LogP contribution < -0.4 is 10.6 Å². The van der Waals surface area contributed by atoms with Crippen LogP contribution in [0.4, 0.5) is 0 Å². The Kier molecular flexibility index (Phi) is 7.18. The molecule has 2 rings (SSSR count). The molecule has 1 aliphatic heterocycles.